The van der Waals surface area contributed by atoms with Gasteiger partial charge in [0.25, 0.3) is 0 Å². The summed E-state index contributed by atoms with van der Waals surface area (Å²) in [6, 6.07) is 39.4. The number of carbonyl (C=O) groups excluding carboxylic acids is 2. The Morgan fingerprint density at radius 1 is 0.614 bits per heavy atom. The molecule has 0 radical (unpaired) electrons. The van der Waals surface area contributed by atoms with E-state index < -0.39 is 18.0 Å². The quantitative estimate of drug-likeness (QED) is 0.135. The second-order valence-corrected chi connectivity index (χ2v) is 10.5. The molecule has 0 aliphatic rings. The molecule has 0 saturated heterocycles. The van der Waals surface area contributed by atoms with Gasteiger partial charge in [-0.15, -0.1) is 0 Å². The van der Waals surface area contributed by atoms with Crippen LogP contribution in [0.3, 0.4) is 0 Å². The van der Waals surface area contributed by atoms with Gasteiger partial charge in [-0.3, -0.25) is 0 Å². The standard InChI is InChI=1S/C24H22O5.C14H15N/c1-15-4-8-18(9-5-15)23(26)28-21-13-12-20(17(3)25)14-22(21)29-24(27)19-10-6-16(2)7-11-19;1-3-7-13(8-4-1)11-15-12-14-9-5-2-6-10-14/h4-14,17,25H,1-3H3;1-10,15H,11-12H2. The Morgan fingerprint density at radius 3 is 1.48 bits per heavy atom. The van der Waals surface area contributed by atoms with Crippen molar-refractivity contribution in [1.82, 2.24) is 5.32 Å². The van der Waals surface area contributed by atoms with Crippen molar-refractivity contribution >= 4 is 11.9 Å². The van der Waals surface area contributed by atoms with Gasteiger partial charge in [0.15, 0.2) is 11.5 Å². The average Bonchev–Trinajstić information content (AvgIpc) is 3.04. The molecule has 5 aromatic carbocycles. The first-order chi connectivity index (χ1) is 21.3. The summed E-state index contributed by atoms with van der Waals surface area (Å²) in [5, 5.41) is 13.3. The van der Waals surface area contributed by atoms with Crippen LogP contribution in [0, 0.1) is 13.8 Å². The van der Waals surface area contributed by atoms with Gasteiger partial charge >= 0.3 is 11.9 Å². The number of aliphatic hydroxyl groups is 1. The number of esters is 2. The Labute approximate surface area is 258 Å². The van der Waals surface area contributed by atoms with Gasteiger partial charge in [0.1, 0.15) is 0 Å². The zero-order valence-electron chi connectivity index (χ0n) is 25.2. The molecule has 1 atom stereocenters. The molecule has 5 aromatic rings. The van der Waals surface area contributed by atoms with Crippen LogP contribution in [0.25, 0.3) is 0 Å². The molecular formula is C38H37NO5. The molecule has 0 aliphatic heterocycles. The molecule has 44 heavy (non-hydrogen) atoms. The summed E-state index contributed by atoms with van der Waals surface area (Å²) in [5.74, 6) is -0.988. The summed E-state index contributed by atoms with van der Waals surface area (Å²) < 4.78 is 11.0. The van der Waals surface area contributed by atoms with Gasteiger partial charge in [0, 0.05) is 13.1 Å². The molecule has 0 bridgehead atoms. The van der Waals surface area contributed by atoms with Crippen molar-refractivity contribution < 1.29 is 24.2 Å². The summed E-state index contributed by atoms with van der Waals surface area (Å²) in [7, 11) is 0. The van der Waals surface area contributed by atoms with Gasteiger partial charge in [-0.2, -0.15) is 0 Å². The number of ether oxygens (including phenoxy) is 2. The minimum atomic E-state index is -0.770. The number of nitrogens with one attached hydrogen (secondary N) is 1. The average molecular weight is 588 g/mol. The van der Waals surface area contributed by atoms with Crippen LogP contribution in [0.1, 0.15) is 61.6 Å². The van der Waals surface area contributed by atoms with E-state index in [-0.39, 0.29) is 11.5 Å². The third kappa shape index (κ3) is 9.76. The molecular weight excluding hydrogens is 550 g/mol. The van der Waals surface area contributed by atoms with Crippen LogP contribution in [-0.4, -0.2) is 17.0 Å². The van der Waals surface area contributed by atoms with Crippen LogP contribution in [0.15, 0.2) is 127 Å². The summed E-state index contributed by atoms with van der Waals surface area (Å²) in [6.45, 7) is 7.29. The second-order valence-electron chi connectivity index (χ2n) is 10.5. The SMILES string of the molecule is Cc1ccc(C(=O)Oc2ccc(C(C)O)cc2OC(=O)c2ccc(C)cc2)cc1.c1ccc(CNCc2ccccc2)cc1. The molecule has 0 aromatic heterocycles. The molecule has 0 fully saturated rings. The number of rotatable bonds is 9. The predicted octanol–water partition coefficient (Wildman–Crippen LogP) is 7.77. The lowest BCUT2D eigenvalue weighted by Gasteiger charge is -2.13. The van der Waals surface area contributed by atoms with E-state index in [2.05, 4.69) is 53.8 Å². The van der Waals surface area contributed by atoms with Crippen molar-refractivity contribution in [1.29, 1.82) is 0 Å². The summed E-state index contributed by atoms with van der Waals surface area (Å²) >= 11 is 0. The maximum absolute atomic E-state index is 12.5. The molecule has 2 N–H and O–H groups in total. The maximum Gasteiger partial charge on any atom is 0.343 e. The third-order valence-electron chi connectivity index (χ3n) is 6.77. The van der Waals surface area contributed by atoms with Gasteiger partial charge in [-0.05, 0) is 73.9 Å². The van der Waals surface area contributed by atoms with Gasteiger partial charge in [0.2, 0.25) is 0 Å². The van der Waals surface area contributed by atoms with Gasteiger partial charge in [-0.25, -0.2) is 9.59 Å². The molecule has 224 valence electrons. The summed E-state index contributed by atoms with van der Waals surface area (Å²) in [4.78, 5) is 25.0. The van der Waals surface area contributed by atoms with Gasteiger partial charge < -0.3 is 19.9 Å². The fourth-order valence-corrected chi connectivity index (χ4v) is 4.19. The first-order valence-corrected chi connectivity index (χ1v) is 14.5. The lowest BCUT2D eigenvalue weighted by molar-refractivity contribution is 0.0681. The number of carbonyl (C=O) groups is 2. The van der Waals surface area contributed by atoms with Crippen molar-refractivity contribution in [3.8, 4) is 11.5 Å². The Kier molecular flexibility index (Phi) is 11.6. The van der Waals surface area contributed by atoms with E-state index >= 15 is 0 Å². The van der Waals surface area contributed by atoms with Crippen molar-refractivity contribution in [3.05, 3.63) is 166 Å². The summed E-state index contributed by atoms with van der Waals surface area (Å²) in [5.41, 5.74) is 5.98. The van der Waals surface area contributed by atoms with Gasteiger partial charge in [-0.1, -0.05) is 102 Å². The van der Waals surface area contributed by atoms with E-state index in [1.807, 2.05) is 38.1 Å². The highest BCUT2D eigenvalue weighted by Gasteiger charge is 2.18. The van der Waals surface area contributed by atoms with Crippen LogP contribution in [0.2, 0.25) is 0 Å². The van der Waals surface area contributed by atoms with Crippen molar-refractivity contribution in [2.75, 3.05) is 0 Å². The Morgan fingerprint density at radius 2 is 1.05 bits per heavy atom. The maximum atomic E-state index is 12.5. The second kappa shape index (κ2) is 16.0. The highest BCUT2D eigenvalue weighted by Crippen LogP contribution is 2.32. The van der Waals surface area contributed by atoms with Gasteiger partial charge in [0.05, 0.1) is 17.2 Å². The molecule has 0 aliphatic carbocycles. The van der Waals surface area contributed by atoms with Crippen LogP contribution >= 0.6 is 0 Å². The smallest absolute Gasteiger partial charge is 0.343 e. The van der Waals surface area contributed by atoms with E-state index in [9.17, 15) is 14.7 Å². The van der Waals surface area contributed by atoms with E-state index in [1.165, 1.54) is 23.3 Å². The predicted molar refractivity (Wildman–Crippen MR) is 173 cm³/mol. The zero-order chi connectivity index (χ0) is 31.3. The number of aryl methyl sites for hydroxylation is 2. The lowest BCUT2D eigenvalue weighted by Crippen LogP contribution is -2.13. The van der Waals surface area contributed by atoms with E-state index in [0.717, 1.165) is 24.2 Å². The summed E-state index contributed by atoms with van der Waals surface area (Å²) in [6.07, 6.45) is -0.770. The topological polar surface area (TPSA) is 84.9 Å². The number of hydrogen-bond donors (Lipinski definition) is 2. The molecule has 0 amide bonds. The zero-order valence-corrected chi connectivity index (χ0v) is 25.2. The minimum Gasteiger partial charge on any atom is -0.419 e. The minimum absolute atomic E-state index is 0.0643. The molecule has 5 rings (SSSR count). The number of aliphatic hydroxyl groups excluding tert-OH is 1. The van der Waals surface area contributed by atoms with Crippen molar-refractivity contribution in [2.45, 2.75) is 40.0 Å². The fourth-order valence-electron chi connectivity index (χ4n) is 4.19. The van der Waals surface area contributed by atoms with E-state index in [0.29, 0.717) is 16.7 Å². The molecule has 0 spiro atoms. The highest BCUT2D eigenvalue weighted by molar-refractivity contribution is 5.93. The normalized spacial score (nSPS) is 11.1. The van der Waals surface area contributed by atoms with Crippen molar-refractivity contribution in [2.24, 2.45) is 0 Å². The first kappa shape index (κ1) is 31.9. The Bertz CT molecular complexity index is 1590. The highest BCUT2D eigenvalue weighted by atomic mass is 16.6. The molecule has 6 heteroatoms. The monoisotopic (exact) mass is 587 g/mol. The van der Waals surface area contributed by atoms with Crippen LogP contribution in [0.4, 0.5) is 0 Å². The number of benzene rings is 5. The molecule has 0 heterocycles. The molecule has 1 unspecified atom stereocenters. The first-order valence-electron chi connectivity index (χ1n) is 14.5. The van der Waals surface area contributed by atoms with E-state index in [1.54, 1.807) is 49.4 Å². The van der Waals surface area contributed by atoms with Crippen molar-refractivity contribution in [3.63, 3.8) is 0 Å². The fraction of sp³-hybridized carbons (Fsp3) is 0.158. The Hall–Kier alpha value is -5.04. The largest absolute Gasteiger partial charge is 0.419 e. The van der Waals surface area contributed by atoms with Crippen LogP contribution in [-0.2, 0) is 13.1 Å². The van der Waals surface area contributed by atoms with Crippen LogP contribution < -0.4 is 14.8 Å². The van der Waals surface area contributed by atoms with Crippen LogP contribution in [0.5, 0.6) is 11.5 Å². The third-order valence-corrected chi connectivity index (χ3v) is 6.77. The number of hydrogen-bond acceptors (Lipinski definition) is 6. The molecule has 6 nitrogen and oxygen atoms in total. The lowest BCUT2D eigenvalue weighted by atomic mass is 10.1. The Balaban J connectivity index is 0.000000246. The molecule has 0 saturated carbocycles. The van der Waals surface area contributed by atoms with E-state index in [4.69, 9.17) is 9.47 Å².